The molecule has 1 aromatic heterocycles. The second-order valence-corrected chi connectivity index (χ2v) is 5.97. The highest BCUT2D eigenvalue weighted by atomic mass is 16.5. The number of aryl methyl sites for hydroxylation is 1. The summed E-state index contributed by atoms with van der Waals surface area (Å²) in [4.78, 5) is 14.4. The zero-order valence-electron chi connectivity index (χ0n) is 13.1. The predicted molar refractivity (Wildman–Crippen MR) is 79.2 cm³/mol. The molecule has 1 aliphatic heterocycles. The van der Waals surface area contributed by atoms with E-state index in [9.17, 15) is 4.79 Å². The molecule has 0 bridgehead atoms. The largest absolute Gasteiger partial charge is 0.379 e. The lowest BCUT2D eigenvalue weighted by Gasteiger charge is -2.35. The third-order valence-electron chi connectivity index (χ3n) is 3.66. The Morgan fingerprint density at radius 3 is 2.71 bits per heavy atom. The van der Waals surface area contributed by atoms with Gasteiger partial charge in [-0.2, -0.15) is 0 Å². The molecule has 6 nitrogen and oxygen atoms in total. The van der Waals surface area contributed by atoms with E-state index in [1.165, 1.54) is 0 Å². The molecule has 2 heterocycles. The van der Waals surface area contributed by atoms with Crippen LogP contribution in [0.1, 0.15) is 36.5 Å². The molecule has 1 aromatic rings. The third-order valence-corrected chi connectivity index (χ3v) is 3.66. The molecule has 1 aliphatic rings. The Morgan fingerprint density at radius 2 is 2.14 bits per heavy atom. The molecule has 1 amide bonds. The van der Waals surface area contributed by atoms with Crippen molar-refractivity contribution in [2.75, 3.05) is 32.8 Å². The number of hydrogen-bond donors (Lipinski definition) is 1. The van der Waals surface area contributed by atoms with Gasteiger partial charge in [-0.25, -0.2) is 0 Å². The van der Waals surface area contributed by atoms with Crippen molar-refractivity contribution in [1.82, 2.24) is 15.4 Å². The van der Waals surface area contributed by atoms with Gasteiger partial charge in [-0.15, -0.1) is 0 Å². The summed E-state index contributed by atoms with van der Waals surface area (Å²) in [6, 6.07) is 1.99. The summed E-state index contributed by atoms with van der Waals surface area (Å²) in [5.41, 5.74) is 0.715. The Morgan fingerprint density at radius 1 is 1.43 bits per heavy atom. The summed E-state index contributed by atoms with van der Waals surface area (Å²) in [5, 5.41) is 6.70. The van der Waals surface area contributed by atoms with Crippen LogP contribution in [0, 0.1) is 12.8 Å². The minimum Gasteiger partial charge on any atom is -0.379 e. The average molecular weight is 295 g/mol. The number of ether oxygens (including phenoxy) is 1. The van der Waals surface area contributed by atoms with E-state index in [1.54, 1.807) is 13.0 Å². The predicted octanol–water partition coefficient (Wildman–Crippen LogP) is 1.46. The Kier molecular flexibility index (Phi) is 5.76. The molecule has 0 aromatic carbocycles. The van der Waals surface area contributed by atoms with E-state index < -0.39 is 0 Å². The van der Waals surface area contributed by atoms with E-state index in [4.69, 9.17) is 9.26 Å². The number of carbonyl (C=O) groups is 1. The van der Waals surface area contributed by atoms with Gasteiger partial charge >= 0.3 is 0 Å². The highest BCUT2D eigenvalue weighted by molar-refractivity contribution is 5.91. The van der Waals surface area contributed by atoms with Crippen LogP contribution < -0.4 is 5.32 Å². The summed E-state index contributed by atoms with van der Waals surface area (Å²) < 4.78 is 10.4. The van der Waals surface area contributed by atoms with Gasteiger partial charge in [-0.3, -0.25) is 9.69 Å². The number of aromatic nitrogens is 1. The van der Waals surface area contributed by atoms with Gasteiger partial charge in [0.25, 0.3) is 5.91 Å². The minimum atomic E-state index is -0.197. The fraction of sp³-hybridized carbons (Fsp3) is 0.733. The number of hydrogen-bond acceptors (Lipinski definition) is 5. The fourth-order valence-corrected chi connectivity index (χ4v) is 2.62. The van der Waals surface area contributed by atoms with Crippen LogP contribution in [0.4, 0.5) is 0 Å². The van der Waals surface area contributed by atoms with E-state index in [2.05, 4.69) is 29.2 Å². The topological polar surface area (TPSA) is 67.6 Å². The highest BCUT2D eigenvalue weighted by Crippen LogP contribution is 2.13. The molecule has 0 saturated carbocycles. The molecular weight excluding hydrogens is 270 g/mol. The van der Waals surface area contributed by atoms with Crippen molar-refractivity contribution < 1.29 is 14.1 Å². The van der Waals surface area contributed by atoms with Gasteiger partial charge in [-0.1, -0.05) is 19.0 Å². The Balaban J connectivity index is 1.90. The maximum absolute atomic E-state index is 12.0. The molecule has 0 aliphatic carbocycles. The van der Waals surface area contributed by atoms with Crippen LogP contribution in [0.25, 0.3) is 0 Å². The number of carbonyl (C=O) groups excluding carboxylic acids is 1. The molecule has 118 valence electrons. The minimum absolute atomic E-state index is 0.197. The molecule has 21 heavy (non-hydrogen) atoms. The van der Waals surface area contributed by atoms with Gasteiger partial charge in [0.1, 0.15) is 0 Å². The van der Waals surface area contributed by atoms with Crippen molar-refractivity contribution in [2.45, 2.75) is 33.2 Å². The second-order valence-electron chi connectivity index (χ2n) is 5.97. The van der Waals surface area contributed by atoms with Gasteiger partial charge in [0, 0.05) is 31.7 Å². The standard InChI is InChI=1S/C15H25N3O3/c1-11(2)8-13(18-4-6-20-7-5-18)10-16-15(19)14-9-12(3)17-21-14/h9,11,13H,4-8,10H2,1-3H3,(H,16,19)/t13-/m0/s1. The number of amides is 1. The van der Waals surface area contributed by atoms with E-state index in [0.29, 0.717) is 24.2 Å². The maximum atomic E-state index is 12.0. The van der Waals surface area contributed by atoms with Crippen molar-refractivity contribution in [3.05, 3.63) is 17.5 Å². The summed E-state index contributed by atoms with van der Waals surface area (Å²) in [6.07, 6.45) is 1.05. The lowest BCUT2D eigenvalue weighted by molar-refractivity contribution is 0.0124. The first kappa shape index (κ1) is 16.0. The van der Waals surface area contributed by atoms with Crippen LogP contribution >= 0.6 is 0 Å². The zero-order chi connectivity index (χ0) is 15.2. The number of nitrogens with one attached hydrogen (secondary N) is 1. The molecule has 0 unspecified atom stereocenters. The summed E-state index contributed by atoms with van der Waals surface area (Å²) in [5.74, 6) is 0.665. The Hall–Kier alpha value is -1.40. The zero-order valence-corrected chi connectivity index (χ0v) is 13.1. The van der Waals surface area contributed by atoms with Crippen LogP contribution in [0.15, 0.2) is 10.6 Å². The molecule has 2 rings (SSSR count). The highest BCUT2D eigenvalue weighted by Gasteiger charge is 2.23. The second kappa shape index (κ2) is 7.56. The quantitative estimate of drug-likeness (QED) is 0.860. The molecular formula is C15H25N3O3. The van der Waals surface area contributed by atoms with Gasteiger partial charge in [0.2, 0.25) is 5.76 Å². The van der Waals surface area contributed by atoms with Crippen molar-refractivity contribution in [3.63, 3.8) is 0 Å². The van der Waals surface area contributed by atoms with Gasteiger partial charge in [0.15, 0.2) is 0 Å². The third kappa shape index (κ3) is 4.82. The maximum Gasteiger partial charge on any atom is 0.289 e. The molecule has 6 heteroatoms. The van der Waals surface area contributed by atoms with E-state index in [0.717, 1.165) is 32.7 Å². The number of morpholine rings is 1. The molecule has 0 spiro atoms. The lowest BCUT2D eigenvalue weighted by atomic mass is 10.0. The van der Waals surface area contributed by atoms with E-state index in [-0.39, 0.29) is 11.7 Å². The molecule has 1 N–H and O–H groups in total. The van der Waals surface area contributed by atoms with Crippen molar-refractivity contribution in [3.8, 4) is 0 Å². The Bertz CT molecular complexity index is 453. The SMILES string of the molecule is Cc1cc(C(=O)NC[C@H](CC(C)C)N2CCOCC2)on1. The van der Waals surface area contributed by atoms with Crippen LogP contribution in [0.5, 0.6) is 0 Å². The summed E-state index contributed by atoms with van der Waals surface area (Å²) in [7, 11) is 0. The van der Waals surface area contributed by atoms with Gasteiger partial charge in [-0.05, 0) is 19.3 Å². The van der Waals surface area contributed by atoms with Gasteiger partial charge in [0.05, 0.1) is 18.9 Å². The lowest BCUT2D eigenvalue weighted by Crippen LogP contribution is -2.49. The fourth-order valence-electron chi connectivity index (χ4n) is 2.62. The summed E-state index contributed by atoms with van der Waals surface area (Å²) in [6.45, 7) is 10.2. The monoisotopic (exact) mass is 295 g/mol. The number of rotatable bonds is 6. The molecule has 1 fully saturated rings. The van der Waals surface area contributed by atoms with Crippen molar-refractivity contribution in [2.24, 2.45) is 5.92 Å². The van der Waals surface area contributed by atoms with E-state index >= 15 is 0 Å². The Labute approximate surface area is 125 Å². The normalized spacial score (nSPS) is 17.9. The number of nitrogens with zero attached hydrogens (tertiary/aromatic N) is 2. The summed E-state index contributed by atoms with van der Waals surface area (Å²) >= 11 is 0. The average Bonchev–Trinajstić information content (AvgIpc) is 2.90. The van der Waals surface area contributed by atoms with E-state index in [1.807, 2.05) is 0 Å². The van der Waals surface area contributed by atoms with Crippen molar-refractivity contribution in [1.29, 1.82) is 0 Å². The van der Waals surface area contributed by atoms with Gasteiger partial charge < -0.3 is 14.6 Å². The van der Waals surface area contributed by atoms with Crippen molar-refractivity contribution >= 4 is 5.91 Å². The molecule has 1 saturated heterocycles. The first-order valence-electron chi connectivity index (χ1n) is 7.59. The van der Waals surface area contributed by atoms with Crippen LogP contribution in [-0.4, -0.2) is 54.9 Å². The smallest absolute Gasteiger partial charge is 0.289 e. The molecule has 1 atom stereocenters. The van der Waals surface area contributed by atoms with Crippen LogP contribution in [0.3, 0.4) is 0 Å². The van der Waals surface area contributed by atoms with Crippen LogP contribution in [0.2, 0.25) is 0 Å². The first-order valence-corrected chi connectivity index (χ1v) is 7.59. The molecule has 0 radical (unpaired) electrons. The first-order chi connectivity index (χ1) is 10.1. The van der Waals surface area contributed by atoms with Crippen LogP contribution in [-0.2, 0) is 4.74 Å².